The topological polar surface area (TPSA) is 109 Å². The molecule has 2 aliphatic heterocycles. The number of amides is 3. The van der Waals surface area contributed by atoms with E-state index in [9.17, 15) is 23.6 Å². The van der Waals surface area contributed by atoms with Gasteiger partial charge in [0.15, 0.2) is 6.61 Å². The smallest absolute Gasteiger partial charge is 0.305 e. The van der Waals surface area contributed by atoms with Crippen molar-refractivity contribution < 1.29 is 23.5 Å². The Labute approximate surface area is 276 Å². The van der Waals surface area contributed by atoms with E-state index < -0.39 is 17.7 Å². The molecule has 0 radical (unpaired) electrons. The van der Waals surface area contributed by atoms with Gasteiger partial charge in [-0.05, 0) is 85.7 Å². The minimum absolute atomic E-state index is 0.0458. The molecule has 234 valence electrons. The monoisotopic (exact) mass is 675 g/mol. The number of ether oxygens (including phenoxy) is 1. The molecule has 3 heterocycles. The van der Waals surface area contributed by atoms with Crippen LogP contribution in [-0.2, 0) is 14.4 Å². The van der Waals surface area contributed by atoms with Gasteiger partial charge in [-0.3, -0.25) is 24.1 Å². The summed E-state index contributed by atoms with van der Waals surface area (Å²) < 4.78 is 19.8. The van der Waals surface area contributed by atoms with E-state index in [0.717, 1.165) is 32.4 Å². The number of nitrogens with one attached hydrogen (secondary N) is 2. The van der Waals surface area contributed by atoms with Gasteiger partial charge < -0.3 is 15.0 Å². The number of nitrogens with zero attached hydrogens (tertiary/aromatic N) is 1. The van der Waals surface area contributed by atoms with Crippen molar-refractivity contribution in [2.45, 2.75) is 29.5 Å². The summed E-state index contributed by atoms with van der Waals surface area (Å²) in [5.74, 6) is -2.49. The highest BCUT2D eigenvalue weighted by Crippen LogP contribution is 2.69. The molecule has 4 aliphatic rings. The maximum Gasteiger partial charge on any atom is 0.305 e. The number of imide groups is 1. The molecule has 2 bridgehead atoms. The zero-order valence-electron chi connectivity index (χ0n) is 24.4. The number of aryl methyl sites for hydroxylation is 1. The Morgan fingerprint density at radius 3 is 2.48 bits per heavy atom. The average molecular weight is 676 g/mol. The standard InChI is InChI=1S/C34H27ClFN3O5S2/c1-15-2-7-18(8-3-15)37-24(40)14-44-23-11-4-16(35)12-20(23)25-26-21-13-22(29(26)45-31-30(25)46-34(43)38-31)28-27(21)32(41)39(33(28)42)19-9-5-17(36)6-10-19/h2-12,21-22,25-29H,13-14H2,1H3,(H,37,40)(H,38,43)/t21?,22?,25-,26?,27?,28?,29?/m1/s1. The van der Waals surface area contributed by atoms with Gasteiger partial charge in [0, 0.05) is 32.3 Å². The Balaban J connectivity index is 1.14. The Hall–Kier alpha value is -3.93. The number of hydrogen-bond donors (Lipinski definition) is 2. The van der Waals surface area contributed by atoms with Crippen LogP contribution in [0.4, 0.5) is 15.8 Å². The van der Waals surface area contributed by atoms with E-state index in [0.29, 0.717) is 28.6 Å². The molecule has 2 saturated carbocycles. The van der Waals surface area contributed by atoms with Gasteiger partial charge in [-0.2, -0.15) is 0 Å². The second kappa shape index (κ2) is 11.1. The van der Waals surface area contributed by atoms with Crippen molar-refractivity contribution >= 4 is 63.8 Å². The number of hydrogen-bond acceptors (Lipinski definition) is 7. The van der Waals surface area contributed by atoms with Gasteiger partial charge in [0.25, 0.3) is 5.91 Å². The molecule has 3 amide bonds. The molecule has 12 heteroatoms. The van der Waals surface area contributed by atoms with Crippen LogP contribution in [0.25, 0.3) is 0 Å². The molecule has 2 N–H and O–H groups in total. The summed E-state index contributed by atoms with van der Waals surface area (Å²) in [6.07, 6.45) is 0.706. The van der Waals surface area contributed by atoms with Crippen molar-refractivity contribution in [2.24, 2.45) is 29.6 Å². The second-order valence-corrected chi connectivity index (χ2v) is 15.0. The van der Waals surface area contributed by atoms with E-state index in [1.54, 1.807) is 23.9 Å². The van der Waals surface area contributed by atoms with E-state index in [4.69, 9.17) is 16.3 Å². The predicted octanol–water partition coefficient (Wildman–Crippen LogP) is 6.23. The Morgan fingerprint density at radius 1 is 1.02 bits per heavy atom. The van der Waals surface area contributed by atoms with Crippen LogP contribution in [0.1, 0.15) is 28.3 Å². The van der Waals surface area contributed by atoms with Crippen molar-refractivity contribution in [2.75, 3.05) is 16.8 Å². The molecular formula is C34H27ClFN3O5S2. The number of halogens is 2. The number of anilines is 2. The van der Waals surface area contributed by atoms with Gasteiger partial charge in [0.05, 0.1) is 22.5 Å². The lowest BCUT2D eigenvalue weighted by molar-refractivity contribution is -0.123. The number of benzene rings is 3. The molecule has 2 aliphatic carbocycles. The molecule has 3 aromatic carbocycles. The third kappa shape index (κ3) is 4.70. The molecule has 1 aromatic heterocycles. The summed E-state index contributed by atoms with van der Waals surface area (Å²) in [6, 6.07) is 18.1. The lowest BCUT2D eigenvalue weighted by Crippen LogP contribution is -2.42. The second-order valence-electron chi connectivity index (χ2n) is 12.3. The molecule has 6 unspecified atom stereocenters. The largest absolute Gasteiger partial charge is 0.483 e. The molecule has 0 spiro atoms. The molecule has 8 rings (SSSR count). The summed E-state index contributed by atoms with van der Waals surface area (Å²) in [4.78, 5) is 58.2. The fourth-order valence-electron chi connectivity index (χ4n) is 8.08. The maximum atomic E-state index is 14.0. The first-order valence-electron chi connectivity index (χ1n) is 15.0. The molecule has 7 atom stereocenters. The number of aromatic nitrogens is 1. The summed E-state index contributed by atoms with van der Waals surface area (Å²) in [7, 11) is 0. The molecular weight excluding hydrogens is 649 g/mol. The molecule has 4 aromatic rings. The normalized spacial score (nSPS) is 27.4. The van der Waals surface area contributed by atoms with Crippen molar-refractivity contribution in [1.82, 2.24) is 4.98 Å². The van der Waals surface area contributed by atoms with Crippen LogP contribution in [0.5, 0.6) is 5.75 Å². The highest BCUT2D eigenvalue weighted by atomic mass is 35.5. The maximum absolute atomic E-state index is 14.0. The Bertz CT molecular complexity index is 1960. The van der Waals surface area contributed by atoms with Gasteiger partial charge in [0.1, 0.15) is 11.6 Å². The van der Waals surface area contributed by atoms with Crippen LogP contribution in [0.2, 0.25) is 5.02 Å². The first-order chi connectivity index (χ1) is 22.2. The quantitative estimate of drug-likeness (QED) is 0.235. The summed E-state index contributed by atoms with van der Waals surface area (Å²) in [6.45, 7) is 1.72. The summed E-state index contributed by atoms with van der Waals surface area (Å²) in [5.41, 5.74) is 2.84. The number of thiazole rings is 1. The molecule has 1 saturated heterocycles. The number of fused-ring (bicyclic) bond motifs is 9. The fourth-order valence-corrected chi connectivity index (χ4v) is 11.1. The van der Waals surface area contributed by atoms with E-state index >= 15 is 0 Å². The lowest BCUT2D eigenvalue weighted by atomic mass is 9.68. The number of aromatic amines is 1. The fraction of sp³-hybridized carbons (Fsp3) is 0.294. The first kappa shape index (κ1) is 29.5. The van der Waals surface area contributed by atoms with Crippen molar-refractivity contribution in [3.8, 4) is 5.75 Å². The van der Waals surface area contributed by atoms with Crippen molar-refractivity contribution in [3.05, 3.63) is 103 Å². The zero-order valence-corrected chi connectivity index (χ0v) is 26.8. The zero-order chi connectivity index (χ0) is 31.9. The Kier molecular flexibility index (Phi) is 7.11. The van der Waals surface area contributed by atoms with Gasteiger partial charge in [-0.15, -0.1) is 11.8 Å². The number of H-pyrrole nitrogens is 1. The van der Waals surface area contributed by atoms with E-state index in [1.165, 1.54) is 29.2 Å². The van der Waals surface area contributed by atoms with Gasteiger partial charge >= 0.3 is 4.87 Å². The molecule has 46 heavy (non-hydrogen) atoms. The third-order valence-corrected chi connectivity index (χ3v) is 12.6. The average Bonchev–Trinajstić information content (AvgIpc) is 3.77. The van der Waals surface area contributed by atoms with E-state index in [-0.39, 0.29) is 58.1 Å². The highest BCUT2D eigenvalue weighted by molar-refractivity contribution is 8.00. The van der Waals surface area contributed by atoms with Crippen LogP contribution in [0, 0.1) is 42.3 Å². The Morgan fingerprint density at radius 2 is 1.74 bits per heavy atom. The van der Waals surface area contributed by atoms with Crippen LogP contribution < -0.4 is 19.8 Å². The third-order valence-electron chi connectivity index (χ3n) is 9.81. The van der Waals surface area contributed by atoms with Crippen LogP contribution in [0.3, 0.4) is 0 Å². The minimum Gasteiger partial charge on any atom is -0.483 e. The van der Waals surface area contributed by atoms with E-state index in [2.05, 4.69) is 10.3 Å². The van der Waals surface area contributed by atoms with Crippen LogP contribution in [0.15, 0.2) is 76.6 Å². The lowest BCUT2D eigenvalue weighted by Gasteiger charge is -2.43. The van der Waals surface area contributed by atoms with Crippen LogP contribution in [-0.4, -0.2) is 34.6 Å². The molecule has 8 nitrogen and oxygen atoms in total. The number of rotatable bonds is 6. The van der Waals surface area contributed by atoms with Gasteiger partial charge in [0.2, 0.25) is 11.8 Å². The molecule has 3 fully saturated rings. The number of thioether (sulfide) groups is 1. The number of carbonyl (C=O) groups is 3. The van der Waals surface area contributed by atoms with Gasteiger partial charge in [-0.1, -0.05) is 40.6 Å². The first-order valence-corrected chi connectivity index (χ1v) is 17.1. The van der Waals surface area contributed by atoms with Crippen LogP contribution >= 0.6 is 34.7 Å². The van der Waals surface area contributed by atoms with Gasteiger partial charge in [-0.25, -0.2) is 4.39 Å². The van der Waals surface area contributed by atoms with Crippen molar-refractivity contribution in [3.63, 3.8) is 0 Å². The summed E-state index contributed by atoms with van der Waals surface area (Å²) in [5, 5.41) is 4.03. The van der Waals surface area contributed by atoms with E-state index in [1.807, 2.05) is 37.3 Å². The SMILES string of the molecule is Cc1ccc(NC(=O)COc2ccc(Cl)cc2[C@H]2c3sc(=O)[nH]c3SC3C4CC(C5C(=O)N(c6ccc(F)cc6)C(=O)C45)C32)cc1. The summed E-state index contributed by atoms with van der Waals surface area (Å²) >= 11 is 9.27. The number of carbonyl (C=O) groups excluding carboxylic acids is 3. The predicted molar refractivity (Wildman–Crippen MR) is 174 cm³/mol. The van der Waals surface area contributed by atoms with Crippen molar-refractivity contribution in [1.29, 1.82) is 0 Å². The highest BCUT2D eigenvalue weighted by Gasteiger charge is 2.69. The minimum atomic E-state index is -0.520.